The van der Waals surface area contributed by atoms with E-state index in [9.17, 15) is 0 Å². The van der Waals surface area contributed by atoms with Gasteiger partial charge in [-0.05, 0) is 32.4 Å². The van der Waals surface area contributed by atoms with Gasteiger partial charge in [0.25, 0.3) is 0 Å². The van der Waals surface area contributed by atoms with Gasteiger partial charge in [0.05, 0.1) is 12.2 Å². The lowest BCUT2D eigenvalue weighted by Gasteiger charge is -2.02. The summed E-state index contributed by atoms with van der Waals surface area (Å²) in [6, 6.07) is 8.63. The van der Waals surface area contributed by atoms with Gasteiger partial charge in [-0.2, -0.15) is 5.10 Å². The molecule has 0 radical (unpaired) electrons. The highest BCUT2D eigenvalue weighted by molar-refractivity contribution is 5.22. The molecular formula is C16H23N3. The highest BCUT2D eigenvalue weighted by Gasteiger charge is 2.04. The number of benzene rings is 1. The topological polar surface area (TPSA) is 29.9 Å². The predicted octanol–water partition coefficient (Wildman–Crippen LogP) is 3.05. The summed E-state index contributed by atoms with van der Waals surface area (Å²) in [5.41, 5.74) is 5.00. The van der Waals surface area contributed by atoms with E-state index in [2.05, 4.69) is 61.6 Å². The van der Waals surface area contributed by atoms with Crippen LogP contribution < -0.4 is 5.32 Å². The molecule has 102 valence electrons. The third-order valence-corrected chi connectivity index (χ3v) is 3.26. The Morgan fingerprint density at radius 1 is 1.16 bits per heavy atom. The number of hydrogen-bond donors (Lipinski definition) is 1. The van der Waals surface area contributed by atoms with E-state index in [0.29, 0.717) is 0 Å². The maximum absolute atomic E-state index is 4.58. The summed E-state index contributed by atoms with van der Waals surface area (Å²) in [7, 11) is 0. The Morgan fingerprint density at radius 3 is 2.58 bits per heavy atom. The number of nitrogens with zero attached hydrogens (tertiary/aromatic N) is 2. The molecular weight excluding hydrogens is 234 g/mol. The first-order valence-electron chi connectivity index (χ1n) is 6.98. The van der Waals surface area contributed by atoms with Crippen molar-refractivity contribution < 1.29 is 0 Å². The molecule has 1 N–H and O–H groups in total. The summed E-state index contributed by atoms with van der Waals surface area (Å²) in [6.45, 7) is 9.18. The summed E-state index contributed by atoms with van der Waals surface area (Å²) in [4.78, 5) is 0. The first-order chi connectivity index (χ1) is 9.19. The zero-order valence-corrected chi connectivity index (χ0v) is 12.1. The van der Waals surface area contributed by atoms with Crippen molar-refractivity contribution in [3.63, 3.8) is 0 Å². The molecule has 2 rings (SSSR count). The van der Waals surface area contributed by atoms with Crippen LogP contribution in [0.2, 0.25) is 0 Å². The van der Waals surface area contributed by atoms with E-state index in [0.717, 1.165) is 31.7 Å². The number of aryl methyl sites for hydroxylation is 2. The standard InChI is InChI=1S/C16H23N3/c1-4-9-17-10-16-12-19(18-14(16)3)11-15-7-5-13(2)6-8-15/h5-8,12,17H,4,9-11H2,1-3H3. The van der Waals surface area contributed by atoms with Crippen LogP contribution in [0.3, 0.4) is 0 Å². The number of aromatic nitrogens is 2. The fourth-order valence-electron chi connectivity index (χ4n) is 2.09. The van der Waals surface area contributed by atoms with E-state index in [1.54, 1.807) is 0 Å². The number of nitrogens with one attached hydrogen (secondary N) is 1. The molecule has 3 heteroatoms. The van der Waals surface area contributed by atoms with Gasteiger partial charge in [0.1, 0.15) is 0 Å². The first kappa shape index (κ1) is 13.8. The van der Waals surface area contributed by atoms with Gasteiger partial charge in [-0.3, -0.25) is 4.68 Å². The molecule has 0 fully saturated rings. The van der Waals surface area contributed by atoms with Crippen molar-refractivity contribution in [2.24, 2.45) is 0 Å². The molecule has 2 aromatic rings. The summed E-state index contributed by atoms with van der Waals surface area (Å²) in [5, 5.41) is 8.01. The minimum absolute atomic E-state index is 0.842. The average molecular weight is 257 g/mol. The molecule has 0 aliphatic heterocycles. The monoisotopic (exact) mass is 257 g/mol. The molecule has 0 saturated carbocycles. The molecule has 0 amide bonds. The maximum Gasteiger partial charge on any atom is 0.0659 e. The Labute approximate surface area is 115 Å². The largest absolute Gasteiger partial charge is 0.313 e. The molecule has 0 spiro atoms. The van der Waals surface area contributed by atoms with Crippen LogP contribution in [0.4, 0.5) is 0 Å². The quantitative estimate of drug-likeness (QED) is 0.806. The van der Waals surface area contributed by atoms with Crippen molar-refractivity contribution in [3.8, 4) is 0 Å². The number of rotatable bonds is 6. The van der Waals surface area contributed by atoms with Crippen LogP contribution >= 0.6 is 0 Å². The highest BCUT2D eigenvalue weighted by Crippen LogP contribution is 2.09. The molecule has 19 heavy (non-hydrogen) atoms. The van der Waals surface area contributed by atoms with Crippen molar-refractivity contribution in [1.82, 2.24) is 15.1 Å². The van der Waals surface area contributed by atoms with Gasteiger partial charge in [-0.15, -0.1) is 0 Å². The van der Waals surface area contributed by atoms with Gasteiger partial charge < -0.3 is 5.32 Å². The minimum atomic E-state index is 0.842. The lowest BCUT2D eigenvalue weighted by molar-refractivity contribution is 0.668. The van der Waals surface area contributed by atoms with Crippen LogP contribution in [0.5, 0.6) is 0 Å². The van der Waals surface area contributed by atoms with E-state index in [4.69, 9.17) is 0 Å². The maximum atomic E-state index is 4.58. The van der Waals surface area contributed by atoms with E-state index in [1.165, 1.54) is 16.7 Å². The molecule has 1 aromatic carbocycles. The minimum Gasteiger partial charge on any atom is -0.313 e. The predicted molar refractivity (Wildman–Crippen MR) is 79.2 cm³/mol. The second-order valence-electron chi connectivity index (χ2n) is 5.10. The first-order valence-corrected chi connectivity index (χ1v) is 6.98. The van der Waals surface area contributed by atoms with Gasteiger partial charge in [-0.25, -0.2) is 0 Å². The van der Waals surface area contributed by atoms with E-state index in [-0.39, 0.29) is 0 Å². The van der Waals surface area contributed by atoms with Gasteiger partial charge in [0.15, 0.2) is 0 Å². The van der Waals surface area contributed by atoms with E-state index < -0.39 is 0 Å². The molecule has 3 nitrogen and oxygen atoms in total. The normalized spacial score (nSPS) is 10.9. The SMILES string of the molecule is CCCNCc1cn(Cc2ccc(C)cc2)nc1C. The van der Waals surface area contributed by atoms with Crippen LogP contribution in [-0.4, -0.2) is 16.3 Å². The second-order valence-corrected chi connectivity index (χ2v) is 5.10. The van der Waals surface area contributed by atoms with Crippen molar-refractivity contribution in [2.45, 2.75) is 40.3 Å². The van der Waals surface area contributed by atoms with E-state index >= 15 is 0 Å². The summed E-state index contributed by atoms with van der Waals surface area (Å²) in [5.74, 6) is 0. The fourth-order valence-corrected chi connectivity index (χ4v) is 2.09. The molecule has 1 heterocycles. The zero-order valence-electron chi connectivity index (χ0n) is 12.1. The Hall–Kier alpha value is -1.61. The molecule has 0 saturated heterocycles. The van der Waals surface area contributed by atoms with Crippen molar-refractivity contribution in [3.05, 3.63) is 52.8 Å². The van der Waals surface area contributed by atoms with Crippen molar-refractivity contribution in [1.29, 1.82) is 0 Å². The second kappa shape index (κ2) is 6.53. The fraction of sp³-hybridized carbons (Fsp3) is 0.438. The summed E-state index contributed by atoms with van der Waals surface area (Å²) < 4.78 is 2.03. The molecule has 0 aliphatic rings. The third-order valence-electron chi connectivity index (χ3n) is 3.26. The van der Waals surface area contributed by atoms with Crippen LogP contribution in [0.15, 0.2) is 30.5 Å². The summed E-state index contributed by atoms with van der Waals surface area (Å²) >= 11 is 0. The average Bonchev–Trinajstić information content (AvgIpc) is 2.73. The Morgan fingerprint density at radius 2 is 1.89 bits per heavy atom. The van der Waals surface area contributed by atoms with E-state index in [1.807, 2.05) is 4.68 Å². The Balaban J connectivity index is 2.01. The lowest BCUT2D eigenvalue weighted by atomic mass is 10.1. The van der Waals surface area contributed by atoms with Gasteiger partial charge >= 0.3 is 0 Å². The molecule has 0 bridgehead atoms. The Bertz CT molecular complexity index is 511. The van der Waals surface area contributed by atoms with Gasteiger partial charge in [0, 0.05) is 18.3 Å². The Kier molecular flexibility index (Phi) is 4.74. The van der Waals surface area contributed by atoms with Crippen LogP contribution in [0.1, 0.15) is 35.7 Å². The summed E-state index contributed by atoms with van der Waals surface area (Å²) in [6.07, 6.45) is 3.31. The van der Waals surface area contributed by atoms with Crippen LogP contribution in [-0.2, 0) is 13.1 Å². The molecule has 0 atom stereocenters. The molecule has 0 unspecified atom stereocenters. The molecule has 0 aliphatic carbocycles. The third kappa shape index (κ3) is 3.93. The zero-order chi connectivity index (χ0) is 13.7. The van der Waals surface area contributed by atoms with Gasteiger partial charge in [-0.1, -0.05) is 36.8 Å². The molecule has 1 aromatic heterocycles. The lowest BCUT2D eigenvalue weighted by Crippen LogP contribution is -2.13. The highest BCUT2D eigenvalue weighted by atomic mass is 15.3. The van der Waals surface area contributed by atoms with Gasteiger partial charge in [0.2, 0.25) is 0 Å². The smallest absolute Gasteiger partial charge is 0.0659 e. The van der Waals surface area contributed by atoms with Crippen molar-refractivity contribution in [2.75, 3.05) is 6.54 Å². The van der Waals surface area contributed by atoms with Crippen molar-refractivity contribution >= 4 is 0 Å². The number of hydrogen-bond acceptors (Lipinski definition) is 2. The van der Waals surface area contributed by atoms with Crippen LogP contribution in [0, 0.1) is 13.8 Å². The van der Waals surface area contributed by atoms with Crippen LogP contribution in [0.25, 0.3) is 0 Å².